The minimum atomic E-state index is -0.376. The van der Waals surface area contributed by atoms with Crippen LogP contribution in [-0.2, 0) is 19.5 Å². The van der Waals surface area contributed by atoms with Gasteiger partial charge in [0.05, 0.1) is 18.4 Å². The summed E-state index contributed by atoms with van der Waals surface area (Å²) in [4.78, 5) is 22.3. The Hall–Kier alpha value is -2.99. The van der Waals surface area contributed by atoms with Gasteiger partial charge in [-0.1, -0.05) is 36.4 Å². The zero-order valence-corrected chi connectivity index (χ0v) is 15.0. The van der Waals surface area contributed by atoms with Gasteiger partial charge < -0.3 is 9.72 Å². The summed E-state index contributed by atoms with van der Waals surface area (Å²) in [6.45, 7) is 1.93. The Balaban J connectivity index is 1.56. The predicted octanol–water partition coefficient (Wildman–Crippen LogP) is 3.14. The Morgan fingerprint density at radius 1 is 1.22 bits per heavy atom. The number of hydrogen-bond donors (Lipinski definition) is 1. The number of aromatic amines is 1. The average molecular weight is 365 g/mol. The van der Waals surface area contributed by atoms with E-state index in [4.69, 9.17) is 4.74 Å². The van der Waals surface area contributed by atoms with Crippen molar-refractivity contribution in [2.24, 2.45) is 0 Å². The molecule has 0 amide bonds. The maximum atomic E-state index is 13.6. The quantitative estimate of drug-likeness (QED) is 0.772. The van der Waals surface area contributed by atoms with Gasteiger partial charge in [-0.15, -0.1) is 0 Å². The van der Waals surface area contributed by atoms with E-state index in [0.717, 1.165) is 23.4 Å². The normalized spacial score (nSPS) is 14.0. The summed E-state index contributed by atoms with van der Waals surface area (Å²) >= 11 is 0. The third-order valence-electron chi connectivity index (χ3n) is 4.82. The van der Waals surface area contributed by atoms with Crippen LogP contribution >= 0.6 is 0 Å². The highest BCUT2D eigenvalue weighted by Gasteiger charge is 2.22. The standard InChI is InChI=1S/C21H20FN3O2/c1-27-19-11-14(7-8-17(19)22)12-25-10-9-18-16(13-25)21(26)24-20(23-18)15-5-3-2-4-6-15/h2-8,11H,9-10,12-13H2,1H3,(H,23,24,26). The van der Waals surface area contributed by atoms with Gasteiger partial charge in [0.15, 0.2) is 11.6 Å². The highest BCUT2D eigenvalue weighted by Crippen LogP contribution is 2.22. The van der Waals surface area contributed by atoms with Crippen molar-refractivity contribution < 1.29 is 9.13 Å². The van der Waals surface area contributed by atoms with E-state index in [9.17, 15) is 9.18 Å². The Kier molecular flexibility index (Phi) is 4.73. The molecule has 0 bridgehead atoms. The smallest absolute Gasteiger partial charge is 0.255 e. The van der Waals surface area contributed by atoms with Crippen molar-refractivity contribution in [1.29, 1.82) is 0 Å². The lowest BCUT2D eigenvalue weighted by Crippen LogP contribution is -2.35. The third kappa shape index (κ3) is 3.61. The molecule has 0 aliphatic carbocycles. The van der Waals surface area contributed by atoms with Crippen molar-refractivity contribution in [3.05, 3.63) is 81.5 Å². The monoisotopic (exact) mass is 365 g/mol. The van der Waals surface area contributed by atoms with Gasteiger partial charge in [-0.3, -0.25) is 9.69 Å². The van der Waals surface area contributed by atoms with E-state index in [-0.39, 0.29) is 17.1 Å². The molecule has 0 radical (unpaired) electrons. The van der Waals surface area contributed by atoms with Gasteiger partial charge in [-0.2, -0.15) is 0 Å². The molecule has 0 saturated carbocycles. The zero-order valence-electron chi connectivity index (χ0n) is 15.0. The first-order chi connectivity index (χ1) is 13.1. The second kappa shape index (κ2) is 7.32. The Labute approximate surface area is 156 Å². The average Bonchev–Trinajstić information content (AvgIpc) is 2.70. The van der Waals surface area contributed by atoms with Crippen molar-refractivity contribution in [1.82, 2.24) is 14.9 Å². The number of H-pyrrole nitrogens is 1. The summed E-state index contributed by atoms with van der Waals surface area (Å²) in [5, 5.41) is 0. The fourth-order valence-electron chi connectivity index (χ4n) is 3.41. The number of halogens is 1. The second-order valence-electron chi connectivity index (χ2n) is 6.64. The van der Waals surface area contributed by atoms with Crippen LogP contribution in [-0.4, -0.2) is 28.5 Å². The molecule has 1 aliphatic rings. The first kappa shape index (κ1) is 17.4. The minimum Gasteiger partial charge on any atom is -0.494 e. The predicted molar refractivity (Wildman–Crippen MR) is 101 cm³/mol. The summed E-state index contributed by atoms with van der Waals surface area (Å²) in [7, 11) is 1.45. The molecule has 1 aromatic heterocycles. The van der Waals surface area contributed by atoms with Crippen LogP contribution < -0.4 is 10.3 Å². The Bertz CT molecular complexity index is 1020. The van der Waals surface area contributed by atoms with Crippen LogP contribution in [0, 0.1) is 5.82 Å². The van der Waals surface area contributed by atoms with Crippen molar-refractivity contribution in [2.75, 3.05) is 13.7 Å². The van der Waals surface area contributed by atoms with Crippen LogP contribution in [0.1, 0.15) is 16.8 Å². The number of benzene rings is 2. The SMILES string of the molecule is COc1cc(CN2CCc3nc(-c4ccccc4)[nH]c(=O)c3C2)ccc1F. The number of aromatic nitrogens is 2. The van der Waals surface area contributed by atoms with E-state index >= 15 is 0 Å². The molecule has 138 valence electrons. The molecule has 5 nitrogen and oxygen atoms in total. The molecule has 3 aromatic rings. The minimum absolute atomic E-state index is 0.0970. The molecular weight excluding hydrogens is 345 g/mol. The number of hydrogen-bond acceptors (Lipinski definition) is 4. The Morgan fingerprint density at radius 3 is 2.81 bits per heavy atom. The van der Waals surface area contributed by atoms with Crippen LogP contribution in [0.3, 0.4) is 0 Å². The number of nitrogens with zero attached hydrogens (tertiary/aromatic N) is 2. The van der Waals surface area contributed by atoms with E-state index in [1.54, 1.807) is 12.1 Å². The van der Waals surface area contributed by atoms with Gasteiger partial charge in [0.25, 0.3) is 5.56 Å². The summed E-state index contributed by atoms with van der Waals surface area (Å²) in [6, 6.07) is 14.5. The van der Waals surface area contributed by atoms with E-state index < -0.39 is 0 Å². The van der Waals surface area contributed by atoms with E-state index in [0.29, 0.717) is 30.9 Å². The zero-order chi connectivity index (χ0) is 18.8. The maximum Gasteiger partial charge on any atom is 0.255 e. The summed E-state index contributed by atoms with van der Waals surface area (Å²) in [5.41, 5.74) is 3.31. The topological polar surface area (TPSA) is 58.2 Å². The van der Waals surface area contributed by atoms with E-state index in [2.05, 4.69) is 14.9 Å². The van der Waals surface area contributed by atoms with Gasteiger partial charge in [0.2, 0.25) is 0 Å². The van der Waals surface area contributed by atoms with E-state index in [1.807, 2.05) is 30.3 Å². The maximum absolute atomic E-state index is 13.6. The van der Waals surface area contributed by atoms with Gasteiger partial charge >= 0.3 is 0 Å². The van der Waals surface area contributed by atoms with Crippen LogP contribution in [0.4, 0.5) is 4.39 Å². The third-order valence-corrected chi connectivity index (χ3v) is 4.82. The fourth-order valence-corrected chi connectivity index (χ4v) is 3.41. The van der Waals surface area contributed by atoms with Crippen molar-refractivity contribution in [3.8, 4) is 17.1 Å². The molecule has 1 N–H and O–H groups in total. The summed E-state index contributed by atoms with van der Waals surface area (Å²) in [6.07, 6.45) is 0.706. The van der Waals surface area contributed by atoms with Crippen molar-refractivity contribution >= 4 is 0 Å². The highest BCUT2D eigenvalue weighted by molar-refractivity contribution is 5.54. The lowest BCUT2D eigenvalue weighted by molar-refractivity contribution is 0.241. The Morgan fingerprint density at radius 2 is 2.04 bits per heavy atom. The van der Waals surface area contributed by atoms with Crippen LogP contribution in [0.25, 0.3) is 11.4 Å². The number of ether oxygens (including phenoxy) is 1. The van der Waals surface area contributed by atoms with Crippen LogP contribution in [0.2, 0.25) is 0 Å². The first-order valence-electron chi connectivity index (χ1n) is 8.86. The molecule has 2 aromatic carbocycles. The summed E-state index contributed by atoms with van der Waals surface area (Å²) in [5.74, 6) is 0.465. The molecule has 0 fully saturated rings. The van der Waals surface area contributed by atoms with Gasteiger partial charge in [-0.25, -0.2) is 9.37 Å². The molecule has 27 heavy (non-hydrogen) atoms. The number of nitrogens with one attached hydrogen (secondary N) is 1. The molecule has 4 rings (SSSR count). The molecular formula is C21H20FN3O2. The van der Waals surface area contributed by atoms with Crippen molar-refractivity contribution in [3.63, 3.8) is 0 Å². The molecule has 2 heterocycles. The van der Waals surface area contributed by atoms with Crippen LogP contribution in [0.15, 0.2) is 53.3 Å². The lowest BCUT2D eigenvalue weighted by Gasteiger charge is -2.27. The summed E-state index contributed by atoms with van der Waals surface area (Å²) < 4.78 is 18.6. The van der Waals surface area contributed by atoms with Gasteiger partial charge in [-0.05, 0) is 17.7 Å². The number of rotatable bonds is 4. The van der Waals surface area contributed by atoms with Crippen molar-refractivity contribution in [2.45, 2.75) is 19.5 Å². The molecule has 6 heteroatoms. The highest BCUT2D eigenvalue weighted by atomic mass is 19.1. The van der Waals surface area contributed by atoms with Gasteiger partial charge in [0.1, 0.15) is 5.82 Å². The number of methoxy groups -OCH3 is 1. The van der Waals surface area contributed by atoms with Crippen LogP contribution in [0.5, 0.6) is 5.75 Å². The second-order valence-corrected chi connectivity index (χ2v) is 6.64. The largest absolute Gasteiger partial charge is 0.494 e. The van der Waals surface area contributed by atoms with Gasteiger partial charge in [0, 0.05) is 31.6 Å². The lowest BCUT2D eigenvalue weighted by atomic mass is 10.1. The molecule has 0 saturated heterocycles. The molecule has 0 spiro atoms. The first-order valence-corrected chi connectivity index (χ1v) is 8.86. The molecule has 0 unspecified atom stereocenters. The van der Waals surface area contributed by atoms with E-state index in [1.165, 1.54) is 13.2 Å². The molecule has 1 aliphatic heterocycles. The fraction of sp³-hybridized carbons (Fsp3) is 0.238. The molecule has 0 atom stereocenters. The number of fused-ring (bicyclic) bond motifs is 1.